The molecule has 0 N–H and O–H groups in total. The van der Waals surface area contributed by atoms with Crippen molar-refractivity contribution in [2.75, 3.05) is 18.1 Å². The zero-order chi connectivity index (χ0) is 18.0. The van der Waals surface area contributed by atoms with E-state index >= 15 is 0 Å². The Morgan fingerprint density at radius 3 is 2.56 bits per heavy atom. The number of anilines is 1. The van der Waals surface area contributed by atoms with Crippen LogP contribution in [0.3, 0.4) is 0 Å². The van der Waals surface area contributed by atoms with Crippen LogP contribution in [0.1, 0.15) is 22.8 Å². The lowest BCUT2D eigenvalue weighted by Gasteiger charge is -2.31. The number of alkyl halides is 3. The van der Waals surface area contributed by atoms with Crippen LogP contribution < -0.4 is 14.4 Å². The van der Waals surface area contributed by atoms with Crippen molar-refractivity contribution in [3.8, 4) is 11.5 Å². The molecule has 1 aliphatic rings. The fourth-order valence-corrected chi connectivity index (χ4v) is 2.67. The summed E-state index contributed by atoms with van der Waals surface area (Å²) in [6.45, 7) is 3.11. The Morgan fingerprint density at radius 2 is 1.92 bits per heavy atom. The highest BCUT2D eigenvalue weighted by atomic mass is 19.4. The van der Waals surface area contributed by atoms with E-state index in [9.17, 15) is 18.0 Å². The van der Waals surface area contributed by atoms with Gasteiger partial charge in [0.15, 0.2) is 5.78 Å². The Balaban J connectivity index is 1.78. The minimum absolute atomic E-state index is 0.0398. The summed E-state index contributed by atoms with van der Waals surface area (Å²) in [5.74, 6) is 0.396. The first-order chi connectivity index (χ1) is 11.8. The Morgan fingerprint density at radius 1 is 1.20 bits per heavy atom. The van der Waals surface area contributed by atoms with Gasteiger partial charge in [-0.25, -0.2) is 0 Å². The Kier molecular flexibility index (Phi) is 4.57. The molecule has 0 radical (unpaired) electrons. The van der Waals surface area contributed by atoms with Gasteiger partial charge >= 0.3 is 6.36 Å². The third-order valence-corrected chi connectivity index (χ3v) is 3.86. The molecule has 0 fully saturated rings. The van der Waals surface area contributed by atoms with Crippen molar-refractivity contribution < 1.29 is 27.4 Å². The fraction of sp³-hybridized carbons (Fsp3) is 0.278. The molecule has 25 heavy (non-hydrogen) atoms. The van der Waals surface area contributed by atoms with Crippen LogP contribution in [0.4, 0.5) is 18.9 Å². The molecule has 0 spiro atoms. The standard InChI is InChI=1S/C18H16F3NO3/c1-12(23)14-4-7-17-16(10-14)22(8-9-24-17)11-13-2-5-15(6-3-13)25-18(19,20)21/h2-7,10H,8-9,11H2,1H3. The van der Waals surface area contributed by atoms with Crippen LogP contribution in [0.25, 0.3) is 0 Å². The van der Waals surface area contributed by atoms with Crippen LogP contribution in [0.15, 0.2) is 42.5 Å². The van der Waals surface area contributed by atoms with Gasteiger partial charge in [-0.1, -0.05) is 12.1 Å². The van der Waals surface area contributed by atoms with Crippen molar-refractivity contribution >= 4 is 11.5 Å². The molecule has 132 valence electrons. The summed E-state index contributed by atoms with van der Waals surface area (Å²) < 4.78 is 46.1. The van der Waals surface area contributed by atoms with Crippen LogP contribution >= 0.6 is 0 Å². The van der Waals surface area contributed by atoms with E-state index in [1.165, 1.54) is 19.1 Å². The van der Waals surface area contributed by atoms with E-state index < -0.39 is 6.36 Å². The summed E-state index contributed by atoms with van der Waals surface area (Å²) in [5, 5.41) is 0. The molecular formula is C18H16F3NO3. The van der Waals surface area contributed by atoms with Crippen LogP contribution in [0, 0.1) is 0 Å². The summed E-state index contributed by atoms with van der Waals surface area (Å²) in [6.07, 6.45) is -4.70. The largest absolute Gasteiger partial charge is 0.573 e. The maximum absolute atomic E-state index is 12.2. The lowest BCUT2D eigenvalue weighted by Crippen LogP contribution is -2.32. The molecule has 1 aliphatic heterocycles. The smallest absolute Gasteiger partial charge is 0.490 e. The van der Waals surface area contributed by atoms with Crippen LogP contribution in [0.5, 0.6) is 11.5 Å². The van der Waals surface area contributed by atoms with Crippen molar-refractivity contribution in [3.63, 3.8) is 0 Å². The van der Waals surface area contributed by atoms with Gasteiger partial charge in [-0.05, 0) is 42.8 Å². The molecule has 0 atom stereocenters. The normalized spacial score (nSPS) is 13.8. The van der Waals surface area contributed by atoms with E-state index in [4.69, 9.17) is 4.74 Å². The third-order valence-electron chi connectivity index (χ3n) is 3.86. The van der Waals surface area contributed by atoms with Gasteiger partial charge in [-0.3, -0.25) is 4.79 Å². The number of hydrogen-bond acceptors (Lipinski definition) is 4. The molecule has 2 aromatic carbocycles. The fourth-order valence-electron chi connectivity index (χ4n) is 2.67. The molecule has 0 aliphatic carbocycles. The van der Waals surface area contributed by atoms with Crippen LogP contribution in [-0.4, -0.2) is 25.3 Å². The number of halogens is 3. The first-order valence-electron chi connectivity index (χ1n) is 7.69. The quantitative estimate of drug-likeness (QED) is 0.775. The van der Waals surface area contributed by atoms with E-state index in [1.807, 2.05) is 4.90 Å². The monoisotopic (exact) mass is 351 g/mol. The van der Waals surface area contributed by atoms with Gasteiger partial charge in [0.25, 0.3) is 0 Å². The average Bonchev–Trinajstić information content (AvgIpc) is 2.55. The van der Waals surface area contributed by atoms with Crippen molar-refractivity contribution in [2.24, 2.45) is 0 Å². The molecule has 2 aromatic rings. The van der Waals surface area contributed by atoms with Gasteiger partial charge in [-0.2, -0.15) is 0 Å². The second-order valence-electron chi connectivity index (χ2n) is 5.70. The highest BCUT2D eigenvalue weighted by Gasteiger charge is 2.31. The number of fused-ring (bicyclic) bond motifs is 1. The average molecular weight is 351 g/mol. The minimum atomic E-state index is -4.70. The number of rotatable bonds is 4. The van der Waals surface area contributed by atoms with Gasteiger partial charge in [0, 0.05) is 12.1 Å². The van der Waals surface area contributed by atoms with Gasteiger partial charge in [-0.15, -0.1) is 13.2 Å². The summed E-state index contributed by atoms with van der Waals surface area (Å²) in [6, 6.07) is 11.0. The molecular weight excluding hydrogens is 335 g/mol. The number of Topliss-reactive ketones (excluding diaryl/α,β-unsaturated/α-hetero) is 1. The second kappa shape index (κ2) is 6.66. The number of nitrogens with zero attached hydrogens (tertiary/aromatic N) is 1. The van der Waals surface area contributed by atoms with E-state index in [0.29, 0.717) is 31.0 Å². The molecule has 0 saturated heterocycles. The van der Waals surface area contributed by atoms with E-state index in [0.717, 1.165) is 11.3 Å². The SMILES string of the molecule is CC(=O)c1ccc2c(c1)N(Cc1ccc(OC(F)(F)F)cc1)CCO2. The Bertz CT molecular complexity index is 772. The predicted molar refractivity (Wildman–Crippen MR) is 86.1 cm³/mol. The first-order valence-corrected chi connectivity index (χ1v) is 7.69. The highest BCUT2D eigenvalue weighted by molar-refractivity contribution is 5.95. The third kappa shape index (κ3) is 4.23. The lowest BCUT2D eigenvalue weighted by atomic mass is 10.1. The molecule has 0 aromatic heterocycles. The number of ether oxygens (including phenoxy) is 2. The van der Waals surface area contributed by atoms with Crippen molar-refractivity contribution in [1.82, 2.24) is 0 Å². The van der Waals surface area contributed by atoms with E-state index in [1.54, 1.807) is 30.3 Å². The van der Waals surface area contributed by atoms with E-state index in [-0.39, 0.29) is 11.5 Å². The molecule has 0 unspecified atom stereocenters. The van der Waals surface area contributed by atoms with Crippen LogP contribution in [-0.2, 0) is 6.54 Å². The topological polar surface area (TPSA) is 38.8 Å². The number of ketones is 1. The van der Waals surface area contributed by atoms with Crippen molar-refractivity contribution in [1.29, 1.82) is 0 Å². The molecule has 7 heteroatoms. The summed E-state index contributed by atoms with van der Waals surface area (Å²) in [5.41, 5.74) is 2.22. The van der Waals surface area contributed by atoms with Gasteiger partial charge in [0.1, 0.15) is 18.1 Å². The number of carbonyl (C=O) groups is 1. The number of benzene rings is 2. The number of hydrogen-bond donors (Lipinski definition) is 0. The molecule has 4 nitrogen and oxygen atoms in total. The molecule has 0 saturated carbocycles. The van der Waals surface area contributed by atoms with E-state index in [2.05, 4.69) is 4.74 Å². The van der Waals surface area contributed by atoms with Crippen LogP contribution in [0.2, 0.25) is 0 Å². The first kappa shape index (κ1) is 17.1. The van der Waals surface area contributed by atoms with Crippen molar-refractivity contribution in [2.45, 2.75) is 19.8 Å². The second-order valence-corrected chi connectivity index (χ2v) is 5.70. The molecule has 0 bridgehead atoms. The summed E-state index contributed by atoms with van der Waals surface area (Å²) in [7, 11) is 0. The van der Waals surface area contributed by atoms with Gasteiger partial charge in [0.05, 0.1) is 12.2 Å². The Labute approximate surface area is 142 Å². The summed E-state index contributed by atoms with van der Waals surface area (Å²) in [4.78, 5) is 13.6. The predicted octanol–water partition coefficient (Wildman–Crippen LogP) is 4.19. The zero-order valence-corrected chi connectivity index (χ0v) is 13.5. The summed E-state index contributed by atoms with van der Waals surface area (Å²) >= 11 is 0. The number of carbonyl (C=O) groups excluding carboxylic acids is 1. The zero-order valence-electron chi connectivity index (χ0n) is 13.5. The minimum Gasteiger partial charge on any atom is -0.490 e. The molecule has 3 rings (SSSR count). The lowest BCUT2D eigenvalue weighted by molar-refractivity contribution is -0.274. The maximum Gasteiger partial charge on any atom is 0.573 e. The van der Waals surface area contributed by atoms with Gasteiger partial charge in [0.2, 0.25) is 0 Å². The maximum atomic E-state index is 12.2. The van der Waals surface area contributed by atoms with Gasteiger partial charge < -0.3 is 14.4 Å². The van der Waals surface area contributed by atoms with Crippen molar-refractivity contribution in [3.05, 3.63) is 53.6 Å². The Hall–Kier alpha value is -2.70. The molecule has 0 amide bonds. The molecule has 1 heterocycles. The highest BCUT2D eigenvalue weighted by Crippen LogP contribution is 2.34.